The summed E-state index contributed by atoms with van der Waals surface area (Å²) in [6, 6.07) is -0.894. The van der Waals surface area contributed by atoms with Gasteiger partial charge in [0.25, 0.3) is 0 Å². The van der Waals surface area contributed by atoms with Gasteiger partial charge in [-0.1, -0.05) is 0 Å². The molecule has 0 aromatic rings. The highest BCUT2D eigenvalue weighted by Crippen LogP contribution is 1.89. The molecule has 2 amide bonds. The van der Waals surface area contributed by atoms with Crippen LogP contribution in [0.2, 0.25) is 0 Å². The van der Waals surface area contributed by atoms with E-state index in [2.05, 4.69) is 0 Å². The number of rotatable bonds is 4. The predicted octanol–water partition coefficient (Wildman–Crippen LogP) is -0.913. The van der Waals surface area contributed by atoms with Crippen LogP contribution in [0, 0.1) is 0 Å². The zero-order valence-electron chi connectivity index (χ0n) is 6.53. The molecule has 0 aliphatic carbocycles. The van der Waals surface area contributed by atoms with E-state index in [0.29, 0.717) is 0 Å². The molecule has 68 valence electrons. The SMILES string of the molecule is CC(NC(=O)O)C(=O)CC(N)=O. The molecule has 0 aliphatic rings. The molecule has 12 heavy (non-hydrogen) atoms. The Morgan fingerprint density at radius 1 is 1.50 bits per heavy atom. The highest BCUT2D eigenvalue weighted by molar-refractivity contribution is 6.00. The number of hydrogen-bond acceptors (Lipinski definition) is 3. The second-order valence-electron chi connectivity index (χ2n) is 2.28. The molecule has 0 fully saturated rings. The summed E-state index contributed by atoms with van der Waals surface area (Å²) in [6.07, 6.45) is -1.75. The summed E-state index contributed by atoms with van der Waals surface area (Å²) < 4.78 is 0. The molecule has 1 unspecified atom stereocenters. The van der Waals surface area contributed by atoms with E-state index in [0.717, 1.165) is 0 Å². The van der Waals surface area contributed by atoms with Crippen LogP contribution in [0.3, 0.4) is 0 Å². The number of ketones is 1. The monoisotopic (exact) mass is 174 g/mol. The van der Waals surface area contributed by atoms with Crippen molar-refractivity contribution < 1.29 is 19.5 Å². The first-order chi connectivity index (χ1) is 5.43. The molecule has 0 rings (SSSR count). The van der Waals surface area contributed by atoms with Gasteiger partial charge in [-0.2, -0.15) is 0 Å². The second-order valence-corrected chi connectivity index (χ2v) is 2.28. The van der Waals surface area contributed by atoms with Crippen molar-refractivity contribution in [1.29, 1.82) is 0 Å². The third-order valence-corrected chi connectivity index (χ3v) is 1.17. The van der Waals surface area contributed by atoms with Crippen molar-refractivity contribution in [3.63, 3.8) is 0 Å². The smallest absolute Gasteiger partial charge is 0.405 e. The summed E-state index contributed by atoms with van der Waals surface area (Å²) >= 11 is 0. The predicted molar refractivity (Wildman–Crippen MR) is 39.4 cm³/mol. The maximum Gasteiger partial charge on any atom is 0.405 e. The van der Waals surface area contributed by atoms with Gasteiger partial charge in [0.1, 0.15) is 0 Å². The summed E-state index contributed by atoms with van der Waals surface area (Å²) in [6.45, 7) is 1.35. The van der Waals surface area contributed by atoms with Crippen LogP contribution in [-0.2, 0) is 9.59 Å². The van der Waals surface area contributed by atoms with E-state index in [1.807, 2.05) is 5.32 Å². The lowest BCUT2D eigenvalue weighted by atomic mass is 10.1. The van der Waals surface area contributed by atoms with Gasteiger partial charge in [0.15, 0.2) is 5.78 Å². The Bertz CT molecular complexity index is 214. The van der Waals surface area contributed by atoms with Crippen LogP contribution >= 0.6 is 0 Å². The number of carboxylic acid groups (broad SMARTS) is 1. The van der Waals surface area contributed by atoms with Crippen LogP contribution in [-0.4, -0.2) is 28.9 Å². The van der Waals surface area contributed by atoms with E-state index in [9.17, 15) is 14.4 Å². The number of carbonyl (C=O) groups is 3. The van der Waals surface area contributed by atoms with Gasteiger partial charge in [-0.25, -0.2) is 4.79 Å². The van der Waals surface area contributed by atoms with Gasteiger partial charge in [-0.05, 0) is 6.92 Å². The van der Waals surface area contributed by atoms with Gasteiger partial charge in [0.2, 0.25) is 5.91 Å². The average Bonchev–Trinajstić information content (AvgIpc) is 1.84. The maximum absolute atomic E-state index is 10.9. The highest BCUT2D eigenvalue weighted by atomic mass is 16.4. The fourth-order valence-electron chi connectivity index (χ4n) is 0.591. The van der Waals surface area contributed by atoms with Crippen molar-refractivity contribution in [3.8, 4) is 0 Å². The Balaban J connectivity index is 3.93. The number of nitrogens with two attached hydrogens (primary N) is 1. The lowest BCUT2D eigenvalue weighted by Gasteiger charge is -2.07. The minimum atomic E-state index is -1.31. The number of Topliss-reactive ketones (excluding diaryl/α,β-unsaturated/α-hetero) is 1. The van der Waals surface area contributed by atoms with Gasteiger partial charge in [0.05, 0.1) is 12.5 Å². The van der Waals surface area contributed by atoms with Crippen molar-refractivity contribution in [2.24, 2.45) is 5.73 Å². The molecule has 0 aromatic carbocycles. The molecule has 0 bridgehead atoms. The molecular weight excluding hydrogens is 164 g/mol. The van der Waals surface area contributed by atoms with Crippen molar-refractivity contribution in [3.05, 3.63) is 0 Å². The molecule has 0 saturated carbocycles. The molecule has 0 spiro atoms. The van der Waals surface area contributed by atoms with Crippen molar-refractivity contribution in [1.82, 2.24) is 5.32 Å². The van der Waals surface area contributed by atoms with Gasteiger partial charge >= 0.3 is 6.09 Å². The minimum Gasteiger partial charge on any atom is -0.465 e. The van der Waals surface area contributed by atoms with Crippen LogP contribution in [0.4, 0.5) is 4.79 Å². The Morgan fingerprint density at radius 2 is 2.00 bits per heavy atom. The van der Waals surface area contributed by atoms with Crippen molar-refractivity contribution >= 4 is 17.8 Å². The number of hydrogen-bond donors (Lipinski definition) is 3. The topological polar surface area (TPSA) is 109 Å². The summed E-state index contributed by atoms with van der Waals surface area (Å²) in [5.74, 6) is -1.30. The third-order valence-electron chi connectivity index (χ3n) is 1.17. The first-order valence-electron chi connectivity index (χ1n) is 3.24. The van der Waals surface area contributed by atoms with E-state index < -0.39 is 30.2 Å². The third kappa shape index (κ3) is 4.26. The van der Waals surface area contributed by atoms with E-state index >= 15 is 0 Å². The minimum absolute atomic E-state index is 0.443. The molecule has 0 heterocycles. The quantitative estimate of drug-likeness (QED) is 0.479. The van der Waals surface area contributed by atoms with Crippen LogP contribution in [0.1, 0.15) is 13.3 Å². The van der Waals surface area contributed by atoms with Gasteiger partial charge < -0.3 is 16.2 Å². The maximum atomic E-state index is 10.9. The number of primary amides is 1. The normalized spacial score (nSPS) is 11.8. The van der Waals surface area contributed by atoms with Gasteiger partial charge in [-0.15, -0.1) is 0 Å². The molecular formula is C6H10N2O4. The zero-order valence-corrected chi connectivity index (χ0v) is 6.53. The molecule has 1 atom stereocenters. The van der Waals surface area contributed by atoms with E-state index in [1.165, 1.54) is 6.92 Å². The first-order valence-corrected chi connectivity index (χ1v) is 3.24. The van der Waals surface area contributed by atoms with E-state index in [4.69, 9.17) is 10.8 Å². The Morgan fingerprint density at radius 3 is 2.33 bits per heavy atom. The van der Waals surface area contributed by atoms with Crippen LogP contribution in [0.25, 0.3) is 0 Å². The fraction of sp³-hybridized carbons (Fsp3) is 0.500. The highest BCUT2D eigenvalue weighted by Gasteiger charge is 2.16. The van der Waals surface area contributed by atoms with Crippen molar-refractivity contribution in [2.75, 3.05) is 0 Å². The lowest BCUT2D eigenvalue weighted by Crippen LogP contribution is -2.39. The molecule has 4 N–H and O–H groups in total. The second kappa shape index (κ2) is 4.32. The molecule has 6 heteroatoms. The van der Waals surface area contributed by atoms with Crippen molar-refractivity contribution in [2.45, 2.75) is 19.4 Å². The summed E-state index contributed by atoms with van der Waals surface area (Å²) in [7, 11) is 0. The fourth-order valence-corrected chi connectivity index (χ4v) is 0.591. The van der Waals surface area contributed by atoms with E-state index in [1.54, 1.807) is 0 Å². The Labute approximate surface area is 68.7 Å². The average molecular weight is 174 g/mol. The molecule has 0 radical (unpaired) electrons. The summed E-state index contributed by atoms with van der Waals surface area (Å²) in [4.78, 5) is 31.1. The lowest BCUT2D eigenvalue weighted by molar-refractivity contribution is -0.127. The number of amides is 2. The first kappa shape index (κ1) is 10.4. The molecule has 0 saturated heterocycles. The van der Waals surface area contributed by atoms with Crippen LogP contribution in [0.5, 0.6) is 0 Å². The van der Waals surface area contributed by atoms with E-state index in [-0.39, 0.29) is 0 Å². The number of carbonyl (C=O) groups excluding carboxylic acids is 2. The van der Waals surface area contributed by atoms with Gasteiger partial charge in [-0.3, -0.25) is 9.59 Å². The Hall–Kier alpha value is -1.59. The summed E-state index contributed by atoms with van der Waals surface area (Å²) in [5.41, 5.74) is 4.73. The Kier molecular flexibility index (Phi) is 3.75. The molecule has 0 aromatic heterocycles. The van der Waals surface area contributed by atoms with Gasteiger partial charge in [0, 0.05) is 0 Å². The zero-order chi connectivity index (χ0) is 9.72. The molecule has 6 nitrogen and oxygen atoms in total. The summed E-state index contributed by atoms with van der Waals surface area (Å²) in [5, 5.41) is 10.1. The van der Waals surface area contributed by atoms with Crippen LogP contribution < -0.4 is 11.1 Å². The standard InChI is InChI=1S/C6H10N2O4/c1-3(8-6(11)12)4(9)2-5(7)10/h3,8H,2H2,1H3,(H2,7,10)(H,11,12). The largest absolute Gasteiger partial charge is 0.465 e. The number of nitrogens with one attached hydrogen (secondary N) is 1. The molecule has 0 aliphatic heterocycles. The van der Waals surface area contributed by atoms with Crippen LogP contribution in [0.15, 0.2) is 0 Å².